The van der Waals surface area contributed by atoms with E-state index < -0.39 is 0 Å². The second-order valence-corrected chi connectivity index (χ2v) is 5.86. The van der Waals surface area contributed by atoms with Gasteiger partial charge in [-0.2, -0.15) is 11.8 Å². The highest BCUT2D eigenvalue weighted by Crippen LogP contribution is 2.36. The van der Waals surface area contributed by atoms with Crippen LogP contribution in [0.1, 0.15) is 19.8 Å². The Morgan fingerprint density at radius 1 is 1.60 bits per heavy atom. The number of hydrogen-bond acceptors (Lipinski definition) is 3. The first-order valence-electron chi connectivity index (χ1n) is 5.83. The van der Waals surface area contributed by atoms with E-state index >= 15 is 0 Å². The standard InChI is InChI=1S/C11H20N2OS/c1-8-4-9(8)6-13-11(14)5-10-7-15-3-2-12-10/h8-10,12H,2-7H2,1H3,(H,13,14). The molecule has 15 heavy (non-hydrogen) atoms. The van der Waals surface area contributed by atoms with Crippen molar-refractivity contribution >= 4 is 17.7 Å². The number of carbonyl (C=O) groups is 1. The lowest BCUT2D eigenvalue weighted by Gasteiger charge is -2.22. The Bertz CT molecular complexity index is 229. The van der Waals surface area contributed by atoms with Crippen molar-refractivity contribution in [3.8, 4) is 0 Å². The van der Waals surface area contributed by atoms with Gasteiger partial charge in [0, 0.05) is 37.1 Å². The Kier molecular flexibility index (Phi) is 3.92. The van der Waals surface area contributed by atoms with E-state index in [0.29, 0.717) is 12.5 Å². The molecule has 4 heteroatoms. The maximum absolute atomic E-state index is 11.6. The van der Waals surface area contributed by atoms with Crippen LogP contribution in [0, 0.1) is 11.8 Å². The van der Waals surface area contributed by atoms with Crippen LogP contribution in [0.5, 0.6) is 0 Å². The fourth-order valence-corrected chi connectivity index (χ4v) is 2.92. The summed E-state index contributed by atoms with van der Waals surface area (Å²) in [5.41, 5.74) is 0. The quantitative estimate of drug-likeness (QED) is 0.749. The summed E-state index contributed by atoms with van der Waals surface area (Å²) in [6.07, 6.45) is 1.94. The van der Waals surface area contributed by atoms with Crippen molar-refractivity contribution in [1.29, 1.82) is 0 Å². The maximum atomic E-state index is 11.6. The van der Waals surface area contributed by atoms with E-state index in [9.17, 15) is 4.79 Å². The van der Waals surface area contributed by atoms with Crippen LogP contribution in [-0.2, 0) is 4.79 Å². The normalized spacial score (nSPS) is 34.9. The number of rotatable bonds is 4. The molecule has 0 radical (unpaired) electrons. The summed E-state index contributed by atoms with van der Waals surface area (Å²) >= 11 is 1.94. The predicted octanol–water partition coefficient (Wildman–Crippen LogP) is 0.854. The minimum atomic E-state index is 0.217. The van der Waals surface area contributed by atoms with Crippen molar-refractivity contribution in [3.05, 3.63) is 0 Å². The highest BCUT2D eigenvalue weighted by molar-refractivity contribution is 7.99. The van der Waals surface area contributed by atoms with Crippen molar-refractivity contribution in [1.82, 2.24) is 10.6 Å². The van der Waals surface area contributed by atoms with Gasteiger partial charge in [0.25, 0.3) is 0 Å². The first-order chi connectivity index (χ1) is 7.25. The molecule has 0 aromatic carbocycles. The molecule has 0 aromatic heterocycles. The molecule has 86 valence electrons. The molecule has 0 spiro atoms. The first-order valence-corrected chi connectivity index (χ1v) is 6.99. The summed E-state index contributed by atoms with van der Waals surface area (Å²) in [5.74, 6) is 4.05. The highest BCUT2D eigenvalue weighted by Gasteiger charge is 2.32. The Hall–Kier alpha value is -0.220. The van der Waals surface area contributed by atoms with Gasteiger partial charge in [0.05, 0.1) is 0 Å². The molecule has 2 fully saturated rings. The lowest BCUT2D eigenvalue weighted by atomic mass is 10.2. The van der Waals surface area contributed by atoms with Crippen LogP contribution in [0.25, 0.3) is 0 Å². The van der Waals surface area contributed by atoms with Gasteiger partial charge in [0.2, 0.25) is 5.91 Å². The molecular formula is C11H20N2OS. The molecular weight excluding hydrogens is 208 g/mol. The molecule has 1 aliphatic carbocycles. The van der Waals surface area contributed by atoms with Crippen molar-refractivity contribution in [2.24, 2.45) is 11.8 Å². The predicted molar refractivity (Wildman–Crippen MR) is 64.0 cm³/mol. The third kappa shape index (κ3) is 3.68. The van der Waals surface area contributed by atoms with Crippen LogP contribution in [-0.4, -0.2) is 36.5 Å². The number of nitrogens with one attached hydrogen (secondary N) is 2. The second kappa shape index (κ2) is 5.21. The third-order valence-corrected chi connectivity index (χ3v) is 4.40. The Balaban J connectivity index is 1.59. The van der Waals surface area contributed by atoms with E-state index in [2.05, 4.69) is 17.6 Å². The number of hydrogen-bond donors (Lipinski definition) is 2. The van der Waals surface area contributed by atoms with Crippen molar-refractivity contribution in [2.75, 3.05) is 24.6 Å². The van der Waals surface area contributed by atoms with E-state index in [1.54, 1.807) is 0 Å². The lowest BCUT2D eigenvalue weighted by Crippen LogP contribution is -2.41. The van der Waals surface area contributed by atoms with Gasteiger partial charge in [-0.05, 0) is 18.3 Å². The molecule has 2 N–H and O–H groups in total. The fourth-order valence-electron chi connectivity index (χ4n) is 1.98. The molecule has 2 rings (SSSR count). The number of carbonyl (C=O) groups excluding carboxylic acids is 1. The fraction of sp³-hybridized carbons (Fsp3) is 0.909. The van der Waals surface area contributed by atoms with Crippen LogP contribution in [0.4, 0.5) is 0 Å². The molecule has 0 aromatic rings. The average molecular weight is 228 g/mol. The van der Waals surface area contributed by atoms with E-state index in [4.69, 9.17) is 0 Å². The second-order valence-electron chi connectivity index (χ2n) is 4.71. The Morgan fingerprint density at radius 2 is 2.40 bits per heavy atom. The van der Waals surface area contributed by atoms with Crippen molar-refractivity contribution < 1.29 is 4.79 Å². The van der Waals surface area contributed by atoms with E-state index in [-0.39, 0.29) is 5.91 Å². The van der Waals surface area contributed by atoms with Gasteiger partial charge in [-0.15, -0.1) is 0 Å². The van der Waals surface area contributed by atoms with E-state index in [0.717, 1.165) is 30.7 Å². The lowest BCUT2D eigenvalue weighted by molar-refractivity contribution is -0.121. The van der Waals surface area contributed by atoms with Crippen LogP contribution >= 0.6 is 11.8 Å². The third-order valence-electron chi connectivity index (χ3n) is 3.27. The molecule has 2 aliphatic rings. The minimum Gasteiger partial charge on any atom is -0.356 e. The summed E-state index contributed by atoms with van der Waals surface area (Å²) in [6.45, 7) is 4.18. The summed E-state index contributed by atoms with van der Waals surface area (Å²) in [5, 5.41) is 6.41. The molecule has 1 saturated carbocycles. The van der Waals surface area contributed by atoms with Gasteiger partial charge >= 0.3 is 0 Å². The van der Waals surface area contributed by atoms with Crippen LogP contribution in [0.15, 0.2) is 0 Å². The van der Waals surface area contributed by atoms with Crippen molar-refractivity contribution in [2.45, 2.75) is 25.8 Å². The maximum Gasteiger partial charge on any atom is 0.221 e. The smallest absolute Gasteiger partial charge is 0.221 e. The topological polar surface area (TPSA) is 41.1 Å². The zero-order chi connectivity index (χ0) is 10.7. The SMILES string of the molecule is CC1CC1CNC(=O)CC1CSCCN1. The van der Waals surface area contributed by atoms with E-state index in [1.807, 2.05) is 11.8 Å². The molecule has 3 unspecified atom stereocenters. The van der Waals surface area contributed by atoms with Crippen LogP contribution in [0.2, 0.25) is 0 Å². The zero-order valence-electron chi connectivity index (χ0n) is 9.29. The summed E-state index contributed by atoms with van der Waals surface area (Å²) in [4.78, 5) is 11.6. The molecule has 3 atom stereocenters. The van der Waals surface area contributed by atoms with E-state index in [1.165, 1.54) is 12.2 Å². The molecule has 1 amide bonds. The molecule has 3 nitrogen and oxygen atoms in total. The average Bonchev–Trinajstić information content (AvgIpc) is 2.93. The molecule has 1 aliphatic heterocycles. The highest BCUT2D eigenvalue weighted by atomic mass is 32.2. The summed E-state index contributed by atoms with van der Waals surface area (Å²) in [6, 6.07) is 0.389. The Labute approximate surface area is 95.8 Å². The molecule has 1 heterocycles. The number of thioether (sulfide) groups is 1. The molecule has 0 bridgehead atoms. The van der Waals surface area contributed by atoms with Gasteiger partial charge in [-0.3, -0.25) is 4.79 Å². The van der Waals surface area contributed by atoms with Crippen LogP contribution in [0.3, 0.4) is 0 Å². The summed E-state index contributed by atoms with van der Waals surface area (Å²) in [7, 11) is 0. The Morgan fingerprint density at radius 3 is 3.00 bits per heavy atom. The van der Waals surface area contributed by atoms with Gasteiger partial charge in [0.1, 0.15) is 0 Å². The van der Waals surface area contributed by atoms with Gasteiger partial charge in [-0.1, -0.05) is 6.92 Å². The molecule has 1 saturated heterocycles. The largest absolute Gasteiger partial charge is 0.356 e. The van der Waals surface area contributed by atoms with Crippen LogP contribution < -0.4 is 10.6 Å². The summed E-state index contributed by atoms with van der Waals surface area (Å²) < 4.78 is 0. The van der Waals surface area contributed by atoms with Gasteiger partial charge in [0.15, 0.2) is 0 Å². The minimum absolute atomic E-state index is 0.217. The monoisotopic (exact) mass is 228 g/mol. The zero-order valence-corrected chi connectivity index (χ0v) is 10.1. The van der Waals surface area contributed by atoms with Gasteiger partial charge < -0.3 is 10.6 Å². The van der Waals surface area contributed by atoms with Crippen molar-refractivity contribution in [3.63, 3.8) is 0 Å². The first kappa shape index (κ1) is 11.3. The number of amides is 1. The van der Waals surface area contributed by atoms with Gasteiger partial charge in [-0.25, -0.2) is 0 Å².